The van der Waals surface area contributed by atoms with Gasteiger partial charge >= 0.3 is 0 Å². The highest BCUT2D eigenvalue weighted by Gasteiger charge is 2.30. The van der Waals surface area contributed by atoms with Crippen LogP contribution in [0.25, 0.3) is 0 Å². The van der Waals surface area contributed by atoms with E-state index >= 15 is 0 Å². The van der Waals surface area contributed by atoms with Gasteiger partial charge in [-0.3, -0.25) is 4.79 Å². The summed E-state index contributed by atoms with van der Waals surface area (Å²) in [5.41, 5.74) is 5.97. The molecule has 4 nitrogen and oxygen atoms in total. The fourth-order valence-corrected chi connectivity index (χ4v) is 3.58. The number of amides is 1. The van der Waals surface area contributed by atoms with Gasteiger partial charge in [-0.15, -0.1) is 11.3 Å². The van der Waals surface area contributed by atoms with E-state index < -0.39 is 0 Å². The topological polar surface area (TPSA) is 58.4 Å². The van der Waals surface area contributed by atoms with Crippen molar-refractivity contribution in [3.63, 3.8) is 0 Å². The lowest BCUT2D eigenvalue weighted by Gasteiger charge is -2.25. The van der Waals surface area contributed by atoms with E-state index in [1.807, 2.05) is 20.2 Å². The zero-order valence-electron chi connectivity index (χ0n) is 11.6. The third-order valence-electron chi connectivity index (χ3n) is 3.87. The van der Waals surface area contributed by atoms with Crippen molar-refractivity contribution in [2.45, 2.75) is 31.3 Å². The van der Waals surface area contributed by atoms with Gasteiger partial charge in [0.1, 0.15) is 0 Å². The second kappa shape index (κ2) is 6.50. The van der Waals surface area contributed by atoms with E-state index in [9.17, 15) is 4.79 Å². The monoisotopic (exact) mass is 281 g/mol. The van der Waals surface area contributed by atoms with Crippen molar-refractivity contribution in [1.82, 2.24) is 10.2 Å². The SMILES string of the molecule is CN(C)C(CNC(=O)C1CCCC1N)c1cccs1. The van der Waals surface area contributed by atoms with Gasteiger partial charge in [0.25, 0.3) is 0 Å². The van der Waals surface area contributed by atoms with Crippen molar-refractivity contribution < 1.29 is 4.79 Å². The molecular weight excluding hydrogens is 258 g/mol. The highest BCUT2D eigenvalue weighted by Crippen LogP contribution is 2.25. The van der Waals surface area contributed by atoms with Crippen LogP contribution < -0.4 is 11.1 Å². The fourth-order valence-electron chi connectivity index (χ4n) is 2.66. The number of nitrogens with two attached hydrogens (primary N) is 1. The van der Waals surface area contributed by atoms with Crippen molar-refractivity contribution in [3.8, 4) is 0 Å². The minimum absolute atomic E-state index is 0.00569. The number of carbonyl (C=O) groups is 1. The van der Waals surface area contributed by atoms with E-state index in [0.29, 0.717) is 6.54 Å². The standard InChI is InChI=1S/C14H23N3OS/c1-17(2)12(13-7-4-8-19-13)9-16-14(18)10-5-3-6-11(10)15/h4,7-8,10-12H,3,5-6,9,15H2,1-2H3,(H,16,18). The smallest absolute Gasteiger partial charge is 0.224 e. The average molecular weight is 281 g/mol. The molecule has 1 heterocycles. The molecule has 0 spiro atoms. The van der Waals surface area contributed by atoms with Crippen molar-refractivity contribution in [2.24, 2.45) is 11.7 Å². The molecule has 1 saturated carbocycles. The van der Waals surface area contributed by atoms with E-state index in [4.69, 9.17) is 5.73 Å². The second-order valence-electron chi connectivity index (χ2n) is 5.44. The quantitative estimate of drug-likeness (QED) is 0.862. The summed E-state index contributed by atoms with van der Waals surface area (Å²) >= 11 is 1.73. The first-order valence-electron chi connectivity index (χ1n) is 6.82. The maximum Gasteiger partial charge on any atom is 0.224 e. The van der Waals surface area contributed by atoms with E-state index in [1.54, 1.807) is 11.3 Å². The van der Waals surface area contributed by atoms with E-state index in [-0.39, 0.29) is 23.9 Å². The van der Waals surface area contributed by atoms with Gasteiger partial charge in [-0.2, -0.15) is 0 Å². The van der Waals surface area contributed by atoms with Crippen LogP contribution in [0.3, 0.4) is 0 Å². The summed E-state index contributed by atoms with van der Waals surface area (Å²) in [7, 11) is 4.08. The number of likely N-dealkylation sites (N-methyl/N-ethyl adjacent to an activating group) is 1. The van der Waals surface area contributed by atoms with Crippen LogP contribution in [0.1, 0.15) is 30.2 Å². The van der Waals surface area contributed by atoms with Crippen molar-refractivity contribution in [1.29, 1.82) is 0 Å². The van der Waals surface area contributed by atoms with Crippen LogP contribution in [-0.4, -0.2) is 37.5 Å². The Morgan fingerprint density at radius 3 is 2.89 bits per heavy atom. The Balaban J connectivity index is 1.90. The first-order chi connectivity index (χ1) is 9.09. The maximum absolute atomic E-state index is 12.1. The molecule has 3 unspecified atom stereocenters. The van der Waals surface area contributed by atoms with Crippen LogP contribution in [0.4, 0.5) is 0 Å². The Labute approximate surface area is 119 Å². The molecule has 0 aromatic carbocycles. The molecule has 3 atom stereocenters. The Morgan fingerprint density at radius 1 is 1.58 bits per heavy atom. The van der Waals surface area contributed by atoms with Gasteiger partial charge in [-0.25, -0.2) is 0 Å². The molecule has 3 N–H and O–H groups in total. The summed E-state index contributed by atoms with van der Waals surface area (Å²) in [5, 5.41) is 5.14. The van der Waals surface area contributed by atoms with Crippen LogP contribution in [-0.2, 0) is 4.79 Å². The molecular formula is C14H23N3OS. The largest absolute Gasteiger partial charge is 0.354 e. The van der Waals surface area contributed by atoms with Crippen LogP contribution in [0, 0.1) is 5.92 Å². The van der Waals surface area contributed by atoms with Gasteiger partial charge in [-0.05, 0) is 38.4 Å². The van der Waals surface area contributed by atoms with E-state index in [1.165, 1.54) is 4.88 Å². The molecule has 0 aliphatic heterocycles. The first kappa shape index (κ1) is 14.5. The Morgan fingerprint density at radius 2 is 2.37 bits per heavy atom. The molecule has 5 heteroatoms. The van der Waals surface area contributed by atoms with Crippen LogP contribution in [0.15, 0.2) is 17.5 Å². The molecule has 1 aliphatic rings. The lowest BCUT2D eigenvalue weighted by Crippen LogP contribution is -2.41. The van der Waals surface area contributed by atoms with Gasteiger partial charge in [0.05, 0.1) is 12.0 Å². The van der Waals surface area contributed by atoms with Gasteiger partial charge in [0.2, 0.25) is 5.91 Å². The van der Waals surface area contributed by atoms with E-state index in [2.05, 4.69) is 21.7 Å². The lowest BCUT2D eigenvalue weighted by molar-refractivity contribution is -0.125. The third-order valence-corrected chi connectivity index (χ3v) is 4.84. The molecule has 0 bridgehead atoms. The molecule has 0 radical (unpaired) electrons. The Bertz CT molecular complexity index is 405. The van der Waals surface area contributed by atoms with Crippen molar-refractivity contribution in [2.75, 3.05) is 20.6 Å². The maximum atomic E-state index is 12.1. The van der Waals surface area contributed by atoms with Gasteiger partial charge in [0, 0.05) is 17.5 Å². The molecule has 19 heavy (non-hydrogen) atoms. The number of hydrogen-bond acceptors (Lipinski definition) is 4. The molecule has 0 saturated heterocycles. The normalized spacial score (nSPS) is 24.6. The Hall–Kier alpha value is -0.910. The molecule has 106 valence electrons. The molecule has 1 aromatic rings. The number of nitrogens with zero attached hydrogens (tertiary/aromatic N) is 1. The van der Waals surface area contributed by atoms with Gasteiger partial charge in [-0.1, -0.05) is 12.5 Å². The zero-order chi connectivity index (χ0) is 13.8. The summed E-state index contributed by atoms with van der Waals surface area (Å²) in [5.74, 6) is 0.125. The lowest BCUT2D eigenvalue weighted by atomic mass is 10.0. The first-order valence-corrected chi connectivity index (χ1v) is 7.70. The van der Waals surface area contributed by atoms with Gasteiger partial charge < -0.3 is 16.0 Å². The summed E-state index contributed by atoms with van der Waals surface area (Å²) in [4.78, 5) is 15.6. The number of rotatable bonds is 5. The number of nitrogens with one attached hydrogen (secondary N) is 1. The average Bonchev–Trinajstić information content (AvgIpc) is 3.00. The number of hydrogen-bond donors (Lipinski definition) is 2. The summed E-state index contributed by atoms with van der Waals surface area (Å²) in [6, 6.07) is 4.44. The summed E-state index contributed by atoms with van der Waals surface area (Å²) < 4.78 is 0. The van der Waals surface area contributed by atoms with Crippen LogP contribution >= 0.6 is 11.3 Å². The van der Waals surface area contributed by atoms with Gasteiger partial charge in [0.15, 0.2) is 0 Å². The molecule has 1 aromatic heterocycles. The minimum atomic E-state index is 0.00569. The predicted octanol–water partition coefficient (Wildman–Crippen LogP) is 1.59. The second-order valence-corrected chi connectivity index (χ2v) is 6.42. The zero-order valence-corrected chi connectivity index (χ0v) is 12.5. The van der Waals surface area contributed by atoms with Crippen molar-refractivity contribution in [3.05, 3.63) is 22.4 Å². The molecule has 1 fully saturated rings. The number of thiophene rings is 1. The summed E-state index contributed by atoms with van der Waals surface area (Å²) in [6.07, 6.45) is 2.97. The Kier molecular flexibility index (Phi) is 4.96. The fraction of sp³-hybridized carbons (Fsp3) is 0.643. The van der Waals surface area contributed by atoms with E-state index in [0.717, 1.165) is 19.3 Å². The van der Waals surface area contributed by atoms with Crippen LogP contribution in [0.2, 0.25) is 0 Å². The molecule has 1 aliphatic carbocycles. The third kappa shape index (κ3) is 3.55. The minimum Gasteiger partial charge on any atom is -0.354 e. The summed E-state index contributed by atoms with van der Waals surface area (Å²) in [6.45, 7) is 0.648. The number of carbonyl (C=O) groups excluding carboxylic acids is 1. The molecule has 1 amide bonds. The molecule has 2 rings (SSSR count). The highest BCUT2D eigenvalue weighted by atomic mass is 32.1. The van der Waals surface area contributed by atoms with Crippen molar-refractivity contribution >= 4 is 17.2 Å². The van der Waals surface area contributed by atoms with Crippen LogP contribution in [0.5, 0.6) is 0 Å². The highest BCUT2D eigenvalue weighted by molar-refractivity contribution is 7.10. The predicted molar refractivity (Wildman–Crippen MR) is 79.1 cm³/mol.